The Hall–Kier alpha value is -1.70. The number of rotatable bonds is 11. The number of halogens is 1. The third kappa shape index (κ3) is 9.10. The molecule has 1 unspecified atom stereocenters. The Bertz CT molecular complexity index is 606. The van der Waals surface area contributed by atoms with E-state index in [1.807, 2.05) is 27.1 Å². The zero-order valence-corrected chi connectivity index (χ0v) is 18.1. The zero-order valence-electron chi connectivity index (χ0n) is 18.1. The van der Waals surface area contributed by atoms with E-state index in [9.17, 15) is 4.39 Å². The van der Waals surface area contributed by atoms with Gasteiger partial charge in [0.1, 0.15) is 5.82 Å². The molecule has 1 aromatic carbocycles. The van der Waals surface area contributed by atoms with Crippen LogP contribution in [0.25, 0.3) is 0 Å². The van der Waals surface area contributed by atoms with Gasteiger partial charge < -0.3 is 25.0 Å². The summed E-state index contributed by atoms with van der Waals surface area (Å²) in [4.78, 5) is 6.77. The first-order valence-corrected chi connectivity index (χ1v) is 10.7. The van der Waals surface area contributed by atoms with E-state index in [1.54, 1.807) is 12.1 Å². The standard InChI is InChI=1S/C22H37FN4O2/c1-4-24-22(25-11-6-12-29-17-18-9-13-28-14-10-18)26-16-21(27(2)3)19-7-5-8-20(23)15-19/h5,7-8,15,18,21H,4,6,9-14,16-17H2,1-3H3,(H2,24,25,26). The van der Waals surface area contributed by atoms with Gasteiger partial charge in [0.15, 0.2) is 5.96 Å². The van der Waals surface area contributed by atoms with E-state index >= 15 is 0 Å². The van der Waals surface area contributed by atoms with E-state index in [0.717, 1.165) is 70.3 Å². The van der Waals surface area contributed by atoms with Gasteiger partial charge in [0, 0.05) is 39.5 Å². The molecule has 0 amide bonds. The first-order chi connectivity index (χ1) is 14.1. The van der Waals surface area contributed by atoms with Crippen LogP contribution in [0.2, 0.25) is 0 Å². The number of nitrogens with one attached hydrogen (secondary N) is 2. The monoisotopic (exact) mass is 408 g/mol. The van der Waals surface area contributed by atoms with Crippen LogP contribution in [0.5, 0.6) is 0 Å². The Morgan fingerprint density at radius 1 is 1.31 bits per heavy atom. The molecule has 0 saturated carbocycles. The van der Waals surface area contributed by atoms with Crippen molar-refractivity contribution in [1.29, 1.82) is 0 Å². The van der Waals surface area contributed by atoms with Crippen molar-refractivity contribution in [3.63, 3.8) is 0 Å². The second-order valence-electron chi connectivity index (χ2n) is 7.67. The lowest BCUT2D eigenvalue weighted by molar-refractivity contribution is 0.0203. The number of nitrogens with zero attached hydrogens (tertiary/aromatic N) is 2. The third-order valence-electron chi connectivity index (χ3n) is 5.08. The minimum atomic E-state index is -0.218. The third-order valence-corrected chi connectivity index (χ3v) is 5.08. The molecule has 2 rings (SSSR count). The molecular formula is C22H37FN4O2. The zero-order chi connectivity index (χ0) is 20.9. The fourth-order valence-electron chi connectivity index (χ4n) is 3.34. The Kier molecular flexibility index (Phi) is 11.0. The van der Waals surface area contributed by atoms with E-state index in [1.165, 1.54) is 6.07 Å². The van der Waals surface area contributed by atoms with Crippen LogP contribution in [0.15, 0.2) is 29.3 Å². The Balaban J connectivity index is 1.75. The maximum atomic E-state index is 13.6. The maximum Gasteiger partial charge on any atom is 0.191 e. The smallest absolute Gasteiger partial charge is 0.191 e. The number of likely N-dealkylation sites (N-methyl/N-ethyl adjacent to an activating group) is 1. The van der Waals surface area contributed by atoms with Gasteiger partial charge in [0.2, 0.25) is 0 Å². The summed E-state index contributed by atoms with van der Waals surface area (Å²) in [5.41, 5.74) is 0.927. The molecule has 0 radical (unpaired) electrons. The summed E-state index contributed by atoms with van der Waals surface area (Å²) in [5.74, 6) is 1.20. The molecule has 1 saturated heterocycles. The summed E-state index contributed by atoms with van der Waals surface area (Å²) in [6, 6.07) is 6.75. The molecule has 29 heavy (non-hydrogen) atoms. The molecule has 164 valence electrons. The van der Waals surface area contributed by atoms with Crippen LogP contribution in [0.1, 0.15) is 37.8 Å². The van der Waals surface area contributed by atoms with Crippen molar-refractivity contribution in [2.75, 3.05) is 60.2 Å². The topological polar surface area (TPSA) is 58.1 Å². The Morgan fingerprint density at radius 2 is 2.10 bits per heavy atom. The van der Waals surface area contributed by atoms with Crippen LogP contribution < -0.4 is 10.6 Å². The van der Waals surface area contributed by atoms with Gasteiger partial charge in [-0.15, -0.1) is 0 Å². The summed E-state index contributed by atoms with van der Waals surface area (Å²) < 4.78 is 24.8. The molecule has 0 aromatic heterocycles. The highest BCUT2D eigenvalue weighted by Gasteiger charge is 2.15. The number of aliphatic imine (C=N–C) groups is 1. The van der Waals surface area contributed by atoms with Gasteiger partial charge >= 0.3 is 0 Å². The second kappa shape index (κ2) is 13.5. The highest BCUT2D eigenvalue weighted by Crippen LogP contribution is 2.19. The van der Waals surface area contributed by atoms with Gasteiger partial charge in [-0.2, -0.15) is 0 Å². The minimum Gasteiger partial charge on any atom is -0.381 e. The fourth-order valence-corrected chi connectivity index (χ4v) is 3.34. The number of guanidine groups is 1. The molecule has 1 heterocycles. The van der Waals surface area contributed by atoms with Crippen LogP contribution >= 0.6 is 0 Å². The molecule has 1 aliphatic rings. The Labute approximate surface area is 174 Å². The molecule has 0 aliphatic carbocycles. The quantitative estimate of drug-likeness (QED) is 0.335. The van der Waals surface area contributed by atoms with E-state index in [-0.39, 0.29) is 11.9 Å². The fraction of sp³-hybridized carbons (Fsp3) is 0.682. The normalized spacial score (nSPS) is 16.8. The number of hydrogen-bond donors (Lipinski definition) is 2. The first-order valence-electron chi connectivity index (χ1n) is 10.7. The lowest BCUT2D eigenvalue weighted by atomic mass is 10.0. The highest BCUT2D eigenvalue weighted by atomic mass is 19.1. The van der Waals surface area contributed by atoms with Crippen molar-refractivity contribution < 1.29 is 13.9 Å². The number of ether oxygens (including phenoxy) is 2. The van der Waals surface area contributed by atoms with Gasteiger partial charge in [-0.25, -0.2) is 4.39 Å². The highest BCUT2D eigenvalue weighted by molar-refractivity contribution is 5.79. The van der Waals surface area contributed by atoms with Crippen molar-refractivity contribution in [2.24, 2.45) is 10.9 Å². The van der Waals surface area contributed by atoms with Gasteiger partial charge in [-0.05, 0) is 63.9 Å². The molecule has 1 fully saturated rings. The molecule has 7 heteroatoms. The predicted molar refractivity (Wildman–Crippen MR) is 116 cm³/mol. The van der Waals surface area contributed by atoms with Crippen molar-refractivity contribution >= 4 is 5.96 Å². The van der Waals surface area contributed by atoms with Gasteiger partial charge in [-0.1, -0.05) is 12.1 Å². The Morgan fingerprint density at radius 3 is 2.79 bits per heavy atom. The summed E-state index contributed by atoms with van der Waals surface area (Å²) in [5, 5.41) is 6.64. The van der Waals surface area contributed by atoms with Crippen molar-refractivity contribution in [1.82, 2.24) is 15.5 Å². The molecule has 2 N–H and O–H groups in total. The second-order valence-corrected chi connectivity index (χ2v) is 7.67. The predicted octanol–water partition coefficient (Wildman–Crippen LogP) is 2.82. The average molecular weight is 409 g/mol. The average Bonchev–Trinajstić information content (AvgIpc) is 2.71. The van der Waals surface area contributed by atoms with E-state index in [4.69, 9.17) is 14.5 Å². The molecule has 0 bridgehead atoms. The van der Waals surface area contributed by atoms with Crippen molar-refractivity contribution in [3.8, 4) is 0 Å². The number of benzene rings is 1. The molecule has 6 nitrogen and oxygen atoms in total. The van der Waals surface area contributed by atoms with Gasteiger partial charge in [0.25, 0.3) is 0 Å². The maximum absolute atomic E-state index is 13.6. The lowest BCUT2D eigenvalue weighted by Crippen LogP contribution is -2.39. The molecule has 1 aromatic rings. The van der Waals surface area contributed by atoms with E-state index < -0.39 is 0 Å². The van der Waals surface area contributed by atoms with Crippen molar-refractivity contribution in [2.45, 2.75) is 32.2 Å². The van der Waals surface area contributed by atoms with Gasteiger partial charge in [-0.3, -0.25) is 4.99 Å². The minimum absolute atomic E-state index is 0.0176. The van der Waals surface area contributed by atoms with Crippen LogP contribution in [0.3, 0.4) is 0 Å². The largest absolute Gasteiger partial charge is 0.381 e. The van der Waals surface area contributed by atoms with Gasteiger partial charge in [0.05, 0.1) is 12.6 Å². The lowest BCUT2D eigenvalue weighted by Gasteiger charge is -2.24. The summed E-state index contributed by atoms with van der Waals surface area (Å²) in [7, 11) is 3.97. The summed E-state index contributed by atoms with van der Waals surface area (Å²) in [6.45, 7) is 7.48. The molecule has 0 spiro atoms. The van der Waals surface area contributed by atoms with Crippen LogP contribution in [0.4, 0.5) is 4.39 Å². The molecule has 1 aliphatic heterocycles. The summed E-state index contributed by atoms with van der Waals surface area (Å²) in [6.07, 6.45) is 3.14. The summed E-state index contributed by atoms with van der Waals surface area (Å²) >= 11 is 0. The first kappa shape index (κ1) is 23.6. The van der Waals surface area contributed by atoms with E-state index in [2.05, 4.69) is 15.5 Å². The van der Waals surface area contributed by atoms with Crippen LogP contribution in [-0.2, 0) is 9.47 Å². The van der Waals surface area contributed by atoms with E-state index in [0.29, 0.717) is 12.5 Å². The molecular weight excluding hydrogens is 371 g/mol. The number of hydrogen-bond acceptors (Lipinski definition) is 4. The van der Waals surface area contributed by atoms with Crippen LogP contribution in [-0.4, -0.2) is 71.0 Å². The van der Waals surface area contributed by atoms with Crippen molar-refractivity contribution in [3.05, 3.63) is 35.6 Å². The van der Waals surface area contributed by atoms with Crippen LogP contribution in [0, 0.1) is 11.7 Å². The molecule has 1 atom stereocenters. The SMILES string of the molecule is CCNC(=NCC(c1cccc(F)c1)N(C)C)NCCCOCC1CCOCC1.